The summed E-state index contributed by atoms with van der Waals surface area (Å²) >= 11 is 5.48. The minimum absolute atomic E-state index is 0. The number of rotatable bonds is 1. The van der Waals surface area contributed by atoms with Gasteiger partial charge in [-0.15, -0.1) is 0 Å². The Hall–Kier alpha value is -1.08. The van der Waals surface area contributed by atoms with E-state index < -0.39 is 4.92 Å². The minimum Gasteiger partial charge on any atom is -0.512 e. The smallest absolute Gasteiger partial charge is 0.512 e. The van der Waals surface area contributed by atoms with E-state index in [1.165, 1.54) is 12.1 Å². The van der Waals surface area contributed by atoms with Crippen molar-refractivity contribution in [2.75, 3.05) is 0 Å². The molecule has 0 bridgehead atoms. The number of hydrogen-bond donors (Lipinski definition) is 0. The van der Waals surface area contributed by atoms with Gasteiger partial charge in [0.1, 0.15) is 5.02 Å². The van der Waals surface area contributed by atoms with Crippen LogP contribution < -0.4 is 0 Å². The first-order chi connectivity index (χ1) is 5.72. The van der Waals surface area contributed by atoms with Gasteiger partial charge in [-0.3, -0.25) is 10.1 Å². The van der Waals surface area contributed by atoms with Crippen molar-refractivity contribution in [3.05, 3.63) is 46.0 Å². The van der Waals surface area contributed by atoms with Crippen LogP contribution in [0.25, 0.3) is 0 Å². The van der Waals surface area contributed by atoms with E-state index in [1.807, 2.05) is 0 Å². The van der Waals surface area contributed by atoms with Crippen LogP contribution in [0.1, 0.15) is 0 Å². The number of benzene rings is 1. The molecular formula is C7H4ClCuN2O2. The topological polar surface area (TPSA) is 66.9 Å². The second kappa shape index (κ2) is 7.56. The molecule has 0 aromatic heterocycles. The number of nitro benzene ring substituents is 1. The number of para-hydroxylation sites is 1. The fraction of sp³-hybridized carbons (Fsp3) is 0. The molecule has 0 amide bonds. The Morgan fingerprint density at radius 1 is 1.38 bits per heavy atom. The van der Waals surface area contributed by atoms with Crippen molar-refractivity contribution >= 4 is 17.3 Å². The van der Waals surface area contributed by atoms with Gasteiger partial charge in [-0.1, -0.05) is 23.7 Å². The molecule has 1 rings (SSSR count). The van der Waals surface area contributed by atoms with Gasteiger partial charge >= 0.3 is 17.1 Å². The van der Waals surface area contributed by atoms with Gasteiger partial charge in [-0.2, -0.15) is 0 Å². The fourth-order valence-corrected chi connectivity index (χ4v) is 0.805. The van der Waals surface area contributed by atoms with Crippen LogP contribution in [0.15, 0.2) is 24.3 Å². The number of halogens is 1. The molecule has 13 heavy (non-hydrogen) atoms. The summed E-state index contributed by atoms with van der Waals surface area (Å²) in [6.07, 6.45) is 0. The monoisotopic (exact) mass is 246 g/mol. The van der Waals surface area contributed by atoms with Crippen molar-refractivity contribution in [2.24, 2.45) is 0 Å². The zero-order valence-corrected chi connectivity index (χ0v) is 7.90. The van der Waals surface area contributed by atoms with Gasteiger partial charge in [0.15, 0.2) is 0 Å². The van der Waals surface area contributed by atoms with Crippen LogP contribution in [0, 0.1) is 21.9 Å². The largest absolute Gasteiger partial charge is 1.00 e. The second-order valence-electron chi connectivity index (χ2n) is 1.71. The van der Waals surface area contributed by atoms with Crippen molar-refractivity contribution in [3.8, 4) is 0 Å². The van der Waals surface area contributed by atoms with Crippen LogP contribution in [-0.4, -0.2) is 4.92 Å². The zero-order chi connectivity index (χ0) is 9.56. The molecule has 4 nitrogen and oxygen atoms in total. The molecular weight excluding hydrogens is 243 g/mol. The Morgan fingerprint density at radius 2 is 1.85 bits per heavy atom. The molecule has 0 atom stereocenters. The number of nitro groups is 1. The van der Waals surface area contributed by atoms with Gasteiger partial charge in [0.2, 0.25) is 0 Å². The molecule has 0 aliphatic heterocycles. The molecule has 0 unspecified atom stereocenters. The molecule has 1 aromatic rings. The summed E-state index contributed by atoms with van der Waals surface area (Å²) in [6.45, 7) is 4.75. The Kier molecular flexibility index (Phi) is 8.40. The third kappa shape index (κ3) is 4.48. The van der Waals surface area contributed by atoms with Crippen LogP contribution in [0.3, 0.4) is 0 Å². The van der Waals surface area contributed by atoms with E-state index in [-0.39, 0.29) is 27.8 Å². The quantitative estimate of drug-likeness (QED) is 0.331. The van der Waals surface area contributed by atoms with E-state index in [1.54, 1.807) is 12.1 Å². The minimum atomic E-state index is -0.512. The van der Waals surface area contributed by atoms with E-state index in [9.17, 15) is 10.1 Å². The van der Waals surface area contributed by atoms with Gasteiger partial charge in [0.05, 0.1) is 4.92 Å². The molecule has 0 aliphatic rings. The maximum atomic E-state index is 10.1. The molecule has 6 heteroatoms. The average molecular weight is 247 g/mol. The summed E-state index contributed by atoms with van der Waals surface area (Å²) in [5.41, 5.74) is -0.0517. The van der Waals surface area contributed by atoms with Crippen LogP contribution >= 0.6 is 11.6 Å². The first kappa shape index (κ1) is 14.4. The first-order valence-corrected chi connectivity index (χ1v) is 3.21. The predicted octanol–water partition coefficient (Wildman–Crippen LogP) is 2.34. The van der Waals surface area contributed by atoms with Gasteiger partial charge in [-0.05, 0) is 6.07 Å². The summed E-state index contributed by atoms with van der Waals surface area (Å²) in [7, 11) is 0. The maximum Gasteiger partial charge on any atom is 1.00 e. The van der Waals surface area contributed by atoms with Crippen molar-refractivity contribution < 1.29 is 22.0 Å². The summed E-state index contributed by atoms with van der Waals surface area (Å²) in [6, 6.07) is 6.07. The molecule has 0 radical (unpaired) electrons. The normalized spacial score (nSPS) is 7.31. The van der Waals surface area contributed by atoms with Crippen LogP contribution in [-0.2, 0) is 17.1 Å². The molecule has 1 aromatic carbocycles. The maximum absolute atomic E-state index is 10.1. The predicted molar refractivity (Wildman–Crippen MR) is 43.1 cm³/mol. The van der Waals surface area contributed by atoms with Crippen molar-refractivity contribution in [1.29, 1.82) is 5.26 Å². The fourth-order valence-electron chi connectivity index (χ4n) is 0.600. The molecule has 0 N–H and O–H groups in total. The van der Waals surface area contributed by atoms with Crippen molar-refractivity contribution in [1.82, 2.24) is 0 Å². The van der Waals surface area contributed by atoms with Gasteiger partial charge in [0.25, 0.3) is 5.69 Å². The second-order valence-corrected chi connectivity index (χ2v) is 2.12. The molecule has 0 heterocycles. The van der Waals surface area contributed by atoms with E-state index in [0.29, 0.717) is 0 Å². The molecule has 72 valence electrons. The van der Waals surface area contributed by atoms with E-state index in [0.717, 1.165) is 0 Å². The summed E-state index contributed by atoms with van der Waals surface area (Å²) in [5, 5.41) is 16.6. The standard InChI is InChI=1S/C6H4ClNO2.CN.Cu/c7-5-3-1-2-4-6(5)8(9)10;1-2;/h1-4H;;/q;-1;+1. The first-order valence-electron chi connectivity index (χ1n) is 2.83. The Balaban J connectivity index is 0. The molecule has 0 saturated heterocycles. The van der Waals surface area contributed by atoms with E-state index >= 15 is 0 Å². The van der Waals surface area contributed by atoms with Crippen molar-refractivity contribution in [3.63, 3.8) is 0 Å². The van der Waals surface area contributed by atoms with E-state index in [2.05, 4.69) is 0 Å². The van der Waals surface area contributed by atoms with Gasteiger partial charge in [-0.25, -0.2) is 0 Å². The molecule has 0 aliphatic carbocycles. The van der Waals surface area contributed by atoms with Gasteiger partial charge < -0.3 is 11.8 Å². The summed E-state index contributed by atoms with van der Waals surface area (Å²) < 4.78 is 0. The Bertz CT molecular complexity index is 304. The Morgan fingerprint density at radius 3 is 2.15 bits per heavy atom. The third-order valence-corrected chi connectivity index (χ3v) is 1.37. The molecule has 0 saturated carbocycles. The van der Waals surface area contributed by atoms with Crippen LogP contribution in [0.4, 0.5) is 5.69 Å². The molecule has 0 fully saturated rings. The summed E-state index contributed by atoms with van der Waals surface area (Å²) in [5.74, 6) is 0. The molecule has 0 spiro atoms. The van der Waals surface area contributed by atoms with Gasteiger partial charge in [0, 0.05) is 6.07 Å². The number of hydrogen-bond acceptors (Lipinski definition) is 3. The van der Waals surface area contributed by atoms with E-state index in [4.69, 9.17) is 23.4 Å². The Labute approximate surface area is 90.7 Å². The van der Waals surface area contributed by atoms with Crippen molar-refractivity contribution in [2.45, 2.75) is 0 Å². The number of nitrogens with zero attached hydrogens (tertiary/aromatic N) is 2. The van der Waals surface area contributed by atoms with Crippen LogP contribution in [0.2, 0.25) is 5.02 Å². The SMILES string of the molecule is O=[N+]([O-])c1ccccc1Cl.[C-]#N.[Cu+]. The summed E-state index contributed by atoms with van der Waals surface area (Å²) in [4.78, 5) is 9.63. The zero-order valence-electron chi connectivity index (χ0n) is 6.20. The average Bonchev–Trinajstić information content (AvgIpc) is 2.08. The third-order valence-electron chi connectivity index (χ3n) is 1.05. The van der Waals surface area contributed by atoms with Crippen LogP contribution in [0.5, 0.6) is 0 Å².